The monoisotopic (exact) mass is 268 g/mol. The van der Waals surface area contributed by atoms with Crippen molar-refractivity contribution in [2.24, 2.45) is 0 Å². The van der Waals surface area contributed by atoms with Crippen LogP contribution in [0.2, 0.25) is 0 Å². The van der Waals surface area contributed by atoms with E-state index < -0.39 is 0 Å². The number of imidazole rings is 1. The average molecular weight is 269 g/mol. The van der Waals surface area contributed by atoms with Crippen LogP contribution in [0.1, 0.15) is 18.4 Å². The van der Waals surface area contributed by atoms with Crippen molar-refractivity contribution in [3.8, 4) is 5.75 Å². The molecule has 0 aliphatic heterocycles. The normalized spacial score (nSPS) is 10.9. The maximum atomic E-state index is 5.21. The quantitative estimate of drug-likeness (QED) is 0.801. The van der Waals surface area contributed by atoms with Crippen LogP contribution in [-0.2, 0) is 11.8 Å². The van der Waals surface area contributed by atoms with E-state index in [1.807, 2.05) is 18.3 Å². The Morgan fingerprint density at radius 1 is 1.53 bits per heavy atom. The van der Waals surface area contributed by atoms with Gasteiger partial charge in [-0.25, -0.2) is 4.98 Å². The van der Waals surface area contributed by atoms with E-state index in [2.05, 4.69) is 32.2 Å². The summed E-state index contributed by atoms with van der Waals surface area (Å²) in [5.74, 6) is 1.95. The number of aryl methyl sites for hydroxylation is 1. The second-order valence-electron chi connectivity index (χ2n) is 3.28. The number of ether oxygens (including phenoxy) is 1. The summed E-state index contributed by atoms with van der Waals surface area (Å²) in [6.45, 7) is 2.11. The molecular weight excluding hydrogens is 256 g/mol. The van der Waals surface area contributed by atoms with Crippen molar-refractivity contribution >= 4 is 21.4 Å². The summed E-state index contributed by atoms with van der Waals surface area (Å²) in [7, 11) is 1.68. The molecule has 15 heavy (non-hydrogen) atoms. The van der Waals surface area contributed by atoms with E-state index in [0.29, 0.717) is 0 Å². The van der Waals surface area contributed by atoms with Gasteiger partial charge in [-0.2, -0.15) is 0 Å². The van der Waals surface area contributed by atoms with Crippen molar-refractivity contribution in [3.63, 3.8) is 0 Å². The molecule has 0 saturated heterocycles. The molecule has 0 bridgehead atoms. The van der Waals surface area contributed by atoms with Crippen LogP contribution in [-0.4, -0.2) is 16.5 Å². The van der Waals surface area contributed by atoms with Gasteiger partial charge in [-0.3, -0.25) is 0 Å². The van der Waals surface area contributed by atoms with Gasteiger partial charge in [0.1, 0.15) is 11.6 Å². The number of methoxy groups -OCH3 is 1. The van der Waals surface area contributed by atoms with Crippen LogP contribution in [0, 0.1) is 0 Å². The molecule has 4 heteroatoms. The number of pyridine rings is 1. The highest BCUT2D eigenvalue weighted by Gasteiger charge is 2.09. The van der Waals surface area contributed by atoms with Crippen molar-refractivity contribution in [1.82, 2.24) is 9.38 Å². The molecule has 0 amide bonds. The lowest BCUT2D eigenvalue weighted by atomic mass is 10.3. The van der Waals surface area contributed by atoms with E-state index in [4.69, 9.17) is 4.74 Å². The number of halogens is 1. The van der Waals surface area contributed by atoms with Gasteiger partial charge in [0.25, 0.3) is 0 Å². The van der Waals surface area contributed by atoms with Crippen LogP contribution in [0.3, 0.4) is 0 Å². The number of aromatic nitrogens is 2. The summed E-state index contributed by atoms with van der Waals surface area (Å²) in [4.78, 5) is 4.56. The lowest BCUT2D eigenvalue weighted by molar-refractivity contribution is 0.414. The number of nitrogens with zero attached hydrogens (tertiary/aromatic N) is 2. The average Bonchev–Trinajstić information content (AvgIpc) is 2.65. The predicted octanol–water partition coefficient (Wildman–Crippen LogP) is 2.80. The number of rotatable bonds is 3. The van der Waals surface area contributed by atoms with Crippen LogP contribution < -0.4 is 4.74 Å². The third kappa shape index (κ3) is 1.74. The lowest BCUT2D eigenvalue weighted by Gasteiger charge is -2.02. The van der Waals surface area contributed by atoms with Crippen LogP contribution in [0.15, 0.2) is 18.3 Å². The highest BCUT2D eigenvalue weighted by atomic mass is 79.9. The Bertz CT molecular complexity index is 479. The fourth-order valence-corrected chi connectivity index (χ4v) is 2.08. The van der Waals surface area contributed by atoms with Crippen molar-refractivity contribution < 1.29 is 4.74 Å². The van der Waals surface area contributed by atoms with Gasteiger partial charge in [-0.1, -0.05) is 22.9 Å². The summed E-state index contributed by atoms with van der Waals surface area (Å²) < 4.78 is 7.32. The first-order chi connectivity index (χ1) is 7.30. The second kappa shape index (κ2) is 4.23. The van der Waals surface area contributed by atoms with E-state index in [0.717, 1.165) is 34.5 Å². The molecule has 0 saturated carbocycles. The highest BCUT2D eigenvalue weighted by Crippen LogP contribution is 2.21. The molecule has 0 aromatic carbocycles. The first kappa shape index (κ1) is 10.5. The smallest absolute Gasteiger partial charge is 0.122 e. The van der Waals surface area contributed by atoms with E-state index >= 15 is 0 Å². The Morgan fingerprint density at radius 2 is 2.33 bits per heavy atom. The predicted molar refractivity (Wildman–Crippen MR) is 63.8 cm³/mol. The van der Waals surface area contributed by atoms with Crippen LogP contribution in [0.4, 0.5) is 0 Å². The topological polar surface area (TPSA) is 26.5 Å². The minimum absolute atomic E-state index is 0.768. The fourth-order valence-electron chi connectivity index (χ4n) is 1.67. The summed E-state index contributed by atoms with van der Waals surface area (Å²) >= 11 is 3.45. The fraction of sp³-hybridized carbons (Fsp3) is 0.364. The minimum Gasteiger partial charge on any atom is -0.497 e. The molecule has 0 N–H and O–H groups in total. The van der Waals surface area contributed by atoms with Crippen LogP contribution >= 0.6 is 15.9 Å². The zero-order valence-electron chi connectivity index (χ0n) is 8.83. The first-order valence-corrected chi connectivity index (χ1v) is 6.02. The summed E-state index contributed by atoms with van der Waals surface area (Å²) in [5, 5.41) is 0.768. The van der Waals surface area contributed by atoms with Gasteiger partial charge in [0, 0.05) is 24.0 Å². The SMILES string of the molecule is CCc1nc(CBr)c2cc(OC)ccn12. The molecule has 2 aromatic heterocycles. The molecule has 0 atom stereocenters. The Labute approximate surface area is 97.2 Å². The molecule has 0 spiro atoms. The van der Waals surface area contributed by atoms with Crippen molar-refractivity contribution in [2.75, 3.05) is 7.11 Å². The number of fused-ring (bicyclic) bond motifs is 1. The molecular formula is C11H13BrN2O. The number of alkyl halides is 1. The Morgan fingerprint density at radius 3 is 2.93 bits per heavy atom. The van der Waals surface area contributed by atoms with E-state index in [1.54, 1.807) is 7.11 Å². The van der Waals surface area contributed by atoms with Crippen molar-refractivity contribution in [1.29, 1.82) is 0 Å². The molecule has 80 valence electrons. The number of hydrogen-bond acceptors (Lipinski definition) is 2. The van der Waals surface area contributed by atoms with Gasteiger partial charge in [-0.15, -0.1) is 0 Å². The molecule has 2 rings (SSSR count). The summed E-state index contributed by atoms with van der Waals surface area (Å²) in [6.07, 6.45) is 2.94. The van der Waals surface area contributed by atoms with E-state index in [9.17, 15) is 0 Å². The molecule has 0 fully saturated rings. The maximum Gasteiger partial charge on any atom is 0.122 e. The first-order valence-electron chi connectivity index (χ1n) is 4.90. The molecule has 0 aliphatic carbocycles. The second-order valence-corrected chi connectivity index (χ2v) is 3.84. The Kier molecular flexibility index (Phi) is 2.95. The third-order valence-electron chi connectivity index (χ3n) is 2.44. The summed E-state index contributed by atoms with van der Waals surface area (Å²) in [6, 6.07) is 3.97. The zero-order chi connectivity index (χ0) is 10.8. The molecule has 3 nitrogen and oxygen atoms in total. The minimum atomic E-state index is 0.768. The molecule has 0 radical (unpaired) electrons. The van der Waals surface area contributed by atoms with Gasteiger partial charge in [0.05, 0.1) is 18.3 Å². The van der Waals surface area contributed by atoms with Gasteiger partial charge in [0.2, 0.25) is 0 Å². The largest absolute Gasteiger partial charge is 0.497 e. The lowest BCUT2D eigenvalue weighted by Crippen LogP contribution is -1.92. The Balaban J connectivity index is 2.68. The van der Waals surface area contributed by atoms with E-state index in [-0.39, 0.29) is 0 Å². The van der Waals surface area contributed by atoms with Crippen LogP contribution in [0.25, 0.3) is 5.52 Å². The van der Waals surface area contributed by atoms with Gasteiger partial charge < -0.3 is 9.14 Å². The Hall–Kier alpha value is -1.03. The maximum absolute atomic E-state index is 5.21. The van der Waals surface area contributed by atoms with Gasteiger partial charge >= 0.3 is 0 Å². The van der Waals surface area contributed by atoms with Crippen molar-refractivity contribution in [3.05, 3.63) is 29.8 Å². The molecule has 0 unspecified atom stereocenters. The zero-order valence-corrected chi connectivity index (χ0v) is 10.4. The highest BCUT2D eigenvalue weighted by molar-refractivity contribution is 9.08. The molecule has 0 aliphatic rings. The standard InChI is InChI=1S/C11H13BrN2O/c1-3-11-13-9(7-12)10-6-8(15-2)4-5-14(10)11/h4-6H,3,7H2,1-2H3. The summed E-state index contributed by atoms with van der Waals surface area (Å²) in [5.41, 5.74) is 2.17. The van der Waals surface area contributed by atoms with Gasteiger partial charge in [0.15, 0.2) is 0 Å². The molecule has 2 heterocycles. The van der Waals surface area contributed by atoms with E-state index in [1.165, 1.54) is 0 Å². The molecule has 2 aromatic rings. The number of hydrogen-bond donors (Lipinski definition) is 0. The van der Waals surface area contributed by atoms with Gasteiger partial charge in [-0.05, 0) is 6.07 Å². The van der Waals surface area contributed by atoms with Crippen LogP contribution in [0.5, 0.6) is 5.75 Å². The van der Waals surface area contributed by atoms with Crippen molar-refractivity contribution in [2.45, 2.75) is 18.7 Å². The third-order valence-corrected chi connectivity index (χ3v) is 2.97.